The van der Waals surface area contributed by atoms with Crippen LogP contribution in [0.15, 0.2) is 34.0 Å². The third-order valence-electron chi connectivity index (χ3n) is 5.65. The van der Waals surface area contributed by atoms with E-state index in [-0.39, 0.29) is 22.7 Å². The number of amides is 1. The van der Waals surface area contributed by atoms with E-state index in [2.05, 4.69) is 69.0 Å². The first-order valence-corrected chi connectivity index (χ1v) is 11.0. The molecule has 33 heavy (non-hydrogen) atoms. The average Bonchev–Trinajstić information content (AvgIpc) is 3.40. The molecule has 0 unspecified atom stereocenters. The summed E-state index contributed by atoms with van der Waals surface area (Å²) in [5.41, 5.74) is 11.3. The van der Waals surface area contributed by atoms with E-state index >= 15 is 0 Å². The van der Waals surface area contributed by atoms with Gasteiger partial charge < -0.3 is 5.73 Å². The molecule has 0 atom stereocenters. The highest BCUT2D eigenvalue weighted by atomic mass is 16.6. The van der Waals surface area contributed by atoms with Crippen molar-refractivity contribution >= 4 is 17.9 Å². The van der Waals surface area contributed by atoms with E-state index in [0.717, 1.165) is 31.5 Å². The molecule has 0 spiro atoms. The smallest absolute Gasteiger partial charge is 0.293 e. The number of hydrogen-bond acceptors (Lipinski definition) is 9. The molecule has 174 valence electrons. The first-order chi connectivity index (χ1) is 15.8. The number of likely N-dealkylation sites (tertiary alicyclic amines) is 1. The lowest BCUT2D eigenvalue weighted by molar-refractivity contribution is 0.0947. The van der Waals surface area contributed by atoms with Gasteiger partial charge in [-0.1, -0.05) is 56.7 Å². The van der Waals surface area contributed by atoms with Crippen LogP contribution in [0.4, 0.5) is 5.82 Å². The zero-order valence-electron chi connectivity index (χ0n) is 19.2. The summed E-state index contributed by atoms with van der Waals surface area (Å²) in [6.45, 7) is 8.82. The van der Waals surface area contributed by atoms with Crippen molar-refractivity contribution in [1.29, 1.82) is 0 Å². The Kier molecular flexibility index (Phi) is 6.50. The minimum absolute atomic E-state index is 0.0726. The molecule has 3 N–H and O–H groups in total. The zero-order valence-corrected chi connectivity index (χ0v) is 19.2. The van der Waals surface area contributed by atoms with Crippen molar-refractivity contribution in [2.45, 2.75) is 52.0 Å². The van der Waals surface area contributed by atoms with Gasteiger partial charge in [0, 0.05) is 6.54 Å². The number of carbonyl (C=O) groups is 1. The van der Waals surface area contributed by atoms with Crippen LogP contribution in [-0.4, -0.2) is 55.4 Å². The maximum atomic E-state index is 12.9. The van der Waals surface area contributed by atoms with Crippen LogP contribution < -0.4 is 11.2 Å². The maximum absolute atomic E-state index is 12.9. The standard InChI is InChI=1S/C22H29N9O2/c1-22(2,3)16-9-7-15(8-10-16)13-24-26-21(32)18-17(14-30-11-5-4-6-12-30)31(29-25-18)20-19(23)27-33-28-20/h7-10,13H,4-6,11-12,14H2,1-3H3,(H2,23,27)(H,26,32). The van der Waals surface area contributed by atoms with Crippen LogP contribution in [-0.2, 0) is 12.0 Å². The van der Waals surface area contributed by atoms with Gasteiger partial charge in [0.05, 0.1) is 11.9 Å². The monoisotopic (exact) mass is 451 g/mol. The number of nitrogens with zero attached hydrogens (tertiary/aromatic N) is 7. The summed E-state index contributed by atoms with van der Waals surface area (Å²) in [4.78, 5) is 15.2. The molecule has 1 aliphatic heterocycles. The fourth-order valence-electron chi connectivity index (χ4n) is 3.74. The molecule has 3 heterocycles. The molecule has 0 bridgehead atoms. The Morgan fingerprint density at radius 1 is 1.18 bits per heavy atom. The summed E-state index contributed by atoms with van der Waals surface area (Å²) in [5, 5.41) is 19.7. The minimum atomic E-state index is -0.467. The van der Waals surface area contributed by atoms with Crippen molar-refractivity contribution in [2.24, 2.45) is 5.10 Å². The molecule has 0 radical (unpaired) electrons. The van der Waals surface area contributed by atoms with E-state index in [9.17, 15) is 4.79 Å². The van der Waals surface area contributed by atoms with Gasteiger partial charge in [-0.15, -0.1) is 5.10 Å². The summed E-state index contributed by atoms with van der Waals surface area (Å²) in [6, 6.07) is 8.05. The van der Waals surface area contributed by atoms with Crippen LogP contribution in [0.5, 0.6) is 0 Å². The number of carbonyl (C=O) groups excluding carboxylic acids is 1. The van der Waals surface area contributed by atoms with Crippen LogP contribution in [0.25, 0.3) is 5.82 Å². The summed E-state index contributed by atoms with van der Waals surface area (Å²) in [6.07, 6.45) is 5.01. The molecular weight excluding hydrogens is 422 g/mol. The fourth-order valence-corrected chi connectivity index (χ4v) is 3.74. The molecule has 1 fully saturated rings. The Morgan fingerprint density at radius 2 is 1.91 bits per heavy atom. The third-order valence-corrected chi connectivity index (χ3v) is 5.65. The van der Waals surface area contributed by atoms with Crippen LogP contribution in [0.3, 0.4) is 0 Å². The quantitative estimate of drug-likeness (QED) is 0.430. The zero-order chi connectivity index (χ0) is 23.4. The molecule has 1 amide bonds. The number of anilines is 1. The second-order valence-corrected chi connectivity index (χ2v) is 9.18. The van der Waals surface area contributed by atoms with Gasteiger partial charge in [0.2, 0.25) is 11.6 Å². The lowest BCUT2D eigenvalue weighted by Gasteiger charge is -2.26. The highest BCUT2D eigenvalue weighted by Crippen LogP contribution is 2.22. The predicted molar refractivity (Wildman–Crippen MR) is 123 cm³/mol. The minimum Gasteiger partial charge on any atom is -0.378 e. The van der Waals surface area contributed by atoms with Crippen LogP contribution in [0.2, 0.25) is 0 Å². The number of nitrogens with one attached hydrogen (secondary N) is 1. The van der Waals surface area contributed by atoms with E-state index in [1.165, 1.54) is 16.7 Å². The molecule has 2 aromatic heterocycles. The van der Waals surface area contributed by atoms with Gasteiger partial charge in [0.1, 0.15) is 0 Å². The largest absolute Gasteiger partial charge is 0.378 e. The number of hydrogen-bond donors (Lipinski definition) is 2. The van der Waals surface area contributed by atoms with E-state index in [4.69, 9.17) is 10.4 Å². The van der Waals surface area contributed by atoms with Gasteiger partial charge in [0.15, 0.2) is 5.69 Å². The molecule has 1 saturated heterocycles. The third kappa shape index (κ3) is 5.25. The average molecular weight is 452 g/mol. The molecule has 11 heteroatoms. The second kappa shape index (κ2) is 9.49. The van der Waals surface area contributed by atoms with Crippen molar-refractivity contribution in [3.63, 3.8) is 0 Å². The van der Waals surface area contributed by atoms with E-state index in [0.29, 0.717) is 12.2 Å². The lowest BCUT2D eigenvalue weighted by atomic mass is 9.87. The summed E-state index contributed by atoms with van der Waals surface area (Å²) >= 11 is 0. The molecule has 4 rings (SSSR count). The van der Waals surface area contributed by atoms with E-state index in [1.54, 1.807) is 6.21 Å². The Bertz CT molecular complexity index is 1120. The second-order valence-electron chi connectivity index (χ2n) is 9.18. The first-order valence-electron chi connectivity index (χ1n) is 11.0. The number of hydrazone groups is 1. The normalized spacial score (nSPS) is 15.2. The molecule has 3 aromatic rings. The van der Waals surface area contributed by atoms with Gasteiger partial charge in [-0.3, -0.25) is 9.69 Å². The number of nitrogens with two attached hydrogens (primary N) is 1. The van der Waals surface area contributed by atoms with Crippen LogP contribution >= 0.6 is 0 Å². The number of nitrogen functional groups attached to an aromatic ring is 1. The van der Waals surface area contributed by atoms with Crippen molar-refractivity contribution in [1.82, 2.24) is 35.6 Å². The summed E-state index contributed by atoms with van der Waals surface area (Å²) in [5.74, 6) is -0.190. The van der Waals surface area contributed by atoms with Crippen LogP contribution in [0.1, 0.15) is 67.3 Å². The van der Waals surface area contributed by atoms with Crippen LogP contribution in [0, 0.1) is 0 Å². The Balaban J connectivity index is 1.52. The predicted octanol–water partition coefficient (Wildman–Crippen LogP) is 2.28. The molecular formula is C22H29N9O2. The molecule has 11 nitrogen and oxygen atoms in total. The van der Waals surface area contributed by atoms with Gasteiger partial charge in [-0.25, -0.2) is 10.1 Å². The first kappa shape index (κ1) is 22.6. The SMILES string of the molecule is CC(C)(C)c1ccc(C=NNC(=O)c2nnn(-c3nonc3N)c2CN2CCCCC2)cc1. The highest BCUT2D eigenvalue weighted by Gasteiger charge is 2.26. The van der Waals surface area contributed by atoms with Crippen molar-refractivity contribution < 1.29 is 9.42 Å². The summed E-state index contributed by atoms with van der Waals surface area (Å²) in [7, 11) is 0. The maximum Gasteiger partial charge on any atom is 0.293 e. The van der Waals surface area contributed by atoms with Crippen molar-refractivity contribution in [3.8, 4) is 5.82 Å². The van der Waals surface area contributed by atoms with Gasteiger partial charge in [-0.05, 0) is 52.8 Å². The Hall–Kier alpha value is -3.60. The number of aromatic nitrogens is 5. The van der Waals surface area contributed by atoms with Gasteiger partial charge in [-0.2, -0.15) is 9.78 Å². The topological polar surface area (TPSA) is 140 Å². The highest BCUT2D eigenvalue weighted by molar-refractivity contribution is 5.94. The fraction of sp³-hybridized carbons (Fsp3) is 0.455. The molecule has 0 aliphatic carbocycles. The lowest BCUT2D eigenvalue weighted by Crippen LogP contribution is -2.31. The number of benzene rings is 1. The van der Waals surface area contributed by atoms with E-state index in [1.807, 2.05) is 12.1 Å². The van der Waals surface area contributed by atoms with Gasteiger partial charge >= 0.3 is 0 Å². The number of rotatable bonds is 6. The Labute approximate surface area is 192 Å². The Morgan fingerprint density at radius 3 is 2.55 bits per heavy atom. The van der Waals surface area contributed by atoms with E-state index < -0.39 is 5.91 Å². The molecule has 1 aromatic carbocycles. The molecule has 1 aliphatic rings. The molecule has 0 saturated carbocycles. The van der Waals surface area contributed by atoms with Crippen molar-refractivity contribution in [3.05, 3.63) is 46.8 Å². The van der Waals surface area contributed by atoms with Crippen molar-refractivity contribution in [2.75, 3.05) is 18.8 Å². The van der Waals surface area contributed by atoms with Gasteiger partial charge in [0.25, 0.3) is 5.91 Å². The number of piperidine rings is 1. The summed E-state index contributed by atoms with van der Waals surface area (Å²) < 4.78 is 6.11.